The third-order valence-corrected chi connectivity index (χ3v) is 4.75. The van der Waals surface area contributed by atoms with Crippen LogP contribution in [-0.4, -0.2) is 6.16 Å². The van der Waals surface area contributed by atoms with Crippen molar-refractivity contribution in [1.82, 2.24) is 0 Å². The van der Waals surface area contributed by atoms with E-state index >= 15 is 0 Å². The highest BCUT2D eigenvalue weighted by Gasteiger charge is 2.29. The molecule has 0 radical (unpaired) electrons. The van der Waals surface area contributed by atoms with Crippen molar-refractivity contribution in [3.8, 4) is 11.5 Å². The van der Waals surface area contributed by atoms with Crippen LogP contribution in [-0.2, 0) is 4.57 Å². The molecule has 2 aromatic carbocycles. The lowest BCUT2D eigenvalue weighted by Crippen LogP contribution is -2.07. The Kier molecular flexibility index (Phi) is 5.56. The SMILES string of the molecule is CCCCP(=O)(Oc1ccccc1F)Oc1ccccc1F. The normalized spacial score (nSPS) is 11.2. The fourth-order valence-corrected chi connectivity index (χ4v) is 3.62. The lowest BCUT2D eigenvalue weighted by atomic mass is 10.3. The van der Waals surface area contributed by atoms with E-state index < -0.39 is 19.2 Å². The fourth-order valence-electron chi connectivity index (χ4n) is 1.80. The van der Waals surface area contributed by atoms with Gasteiger partial charge in [-0.25, -0.2) is 13.3 Å². The highest BCUT2D eigenvalue weighted by molar-refractivity contribution is 7.54. The Labute approximate surface area is 128 Å². The van der Waals surface area contributed by atoms with E-state index in [1.54, 1.807) is 12.1 Å². The molecule has 2 aromatic rings. The number of unbranched alkanes of at least 4 members (excludes halogenated alkanes) is 1. The first-order chi connectivity index (χ1) is 10.5. The first-order valence-electron chi connectivity index (χ1n) is 7.01. The van der Waals surface area contributed by atoms with Crippen molar-refractivity contribution in [1.29, 1.82) is 0 Å². The maximum atomic E-state index is 13.7. The minimum absolute atomic E-state index is 0.0756. The lowest BCUT2D eigenvalue weighted by molar-refractivity contribution is 0.365. The first-order valence-corrected chi connectivity index (χ1v) is 8.74. The third kappa shape index (κ3) is 4.31. The van der Waals surface area contributed by atoms with Gasteiger partial charge in [0, 0.05) is 0 Å². The Morgan fingerprint density at radius 1 is 0.909 bits per heavy atom. The Balaban J connectivity index is 2.26. The number of rotatable bonds is 7. The summed E-state index contributed by atoms with van der Waals surface area (Å²) in [6, 6.07) is 11.2. The van der Waals surface area contributed by atoms with Gasteiger partial charge in [0.05, 0.1) is 6.16 Å². The predicted molar refractivity (Wildman–Crippen MR) is 81.4 cm³/mol. The van der Waals surface area contributed by atoms with Gasteiger partial charge in [0.15, 0.2) is 23.1 Å². The quantitative estimate of drug-likeness (QED) is 0.638. The minimum Gasteiger partial charge on any atom is -0.413 e. The van der Waals surface area contributed by atoms with Crippen LogP contribution in [0.2, 0.25) is 0 Å². The molecule has 0 spiro atoms. The minimum atomic E-state index is -3.71. The largest absolute Gasteiger partial charge is 0.430 e. The van der Waals surface area contributed by atoms with E-state index in [2.05, 4.69) is 0 Å². The van der Waals surface area contributed by atoms with Gasteiger partial charge in [-0.05, 0) is 30.7 Å². The molecule has 0 heterocycles. The molecule has 0 unspecified atom stereocenters. The monoisotopic (exact) mass is 326 g/mol. The zero-order valence-electron chi connectivity index (χ0n) is 12.2. The molecule has 0 aliphatic carbocycles. The average Bonchev–Trinajstić information content (AvgIpc) is 2.50. The zero-order chi connectivity index (χ0) is 16.0. The standard InChI is InChI=1S/C16H17F2O3P/c1-2-3-12-22(19,20-15-10-6-4-8-13(15)17)21-16-11-7-5-9-14(16)18/h4-11H,2-3,12H2,1H3. The van der Waals surface area contributed by atoms with Gasteiger partial charge in [0.2, 0.25) is 0 Å². The molecule has 0 N–H and O–H groups in total. The Morgan fingerprint density at radius 2 is 1.36 bits per heavy atom. The average molecular weight is 326 g/mol. The molecule has 0 atom stereocenters. The van der Waals surface area contributed by atoms with Crippen LogP contribution in [0.15, 0.2) is 48.5 Å². The summed E-state index contributed by atoms with van der Waals surface area (Å²) in [6.07, 6.45) is 1.39. The molecule has 2 rings (SSSR count). The summed E-state index contributed by atoms with van der Waals surface area (Å²) in [4.78, 5) is 0. The molecule has 3 nitrogen and oxygen atoms in total. The van der Waals surface area contributed by atoms with Gasteiger partial charge in [-0.2, -0.15) is 0 Å². The molecule has 0 aliphatic heterocycles. The van der Waals surface area contributed by atoms with Gasteiger partial charge in [-0.15, -0.1) is 0 Å². The Hall–Kier alpha value is -1.87. The highest BCUT2D eigenvalue weighted by Crippen LogP contribution is 2.50. The lowest BCUT2D eigenvalue weighted by Gasteiger charge is -2.20. The molecule has 6 heteroatoms. The van der Waals surface area contributed by atoms with Gasteiger partial charge in [-0.3, -0.25) is 0 Å². The summed E-state index contributed by atoms with van der Waals surface area (Å²) in [6.45, 7) is 1.91. The summed E-state index contributed by atoms with van der Waals surface area (Å²) >= 11 is 0. The molecule has 0 amide bonds. The Bertz CT molecular complexity index is 624. The maximum Gasteiger partial charge on any atom is 0.430 e. The van der Waals surface area contributed by atoms with Crippen molar-refractivity contribution >= 4 is 7.60 Å². The van der Waals surface area contributed by atoms with Crippen LogP contribution >= 0.6 is 7.60 Å². The van der Waals surface area contributed by atoms with Crippen LogP contribution in [0.1, 0.15) is 19.8 Å². The smallest absolute Gasteiger partial charge is 0.413 e. The van der Waals surface area contributed by atoms with Crippen LogP contribution in [0.4, 0.5) is 8.78 Å². The number of hydrogen-bond acceptors (Lipinski definition) is 3. The summed E-state index contributed by atoms with van der Waals surface area (Å²) in [5.74, 6) is -1.62. The number of benzene rings is 2. The second-order valence-electron chi connectivity index (χ2n) is 4.73. The molecule has 0 bridgehead atoms. The van der Waals surface area contributed by atoms with Crippen molar-refractivity contribution < 1.29 is 22.4 Å². The molecular weight excluding hydrogens is 309 g/mol. The van der Waals surface area contributed by atoms with Crippen molar-refractivity contribution in [3.05, 3.63) is 60.2 Å². The van der Waals surface area contributed by atoms with Crippen LogP contribution < -0.4 is 9.05 Å². The van der Waals surface area contributed by atoms with E-state index in [0.29, 0.717) is 6.42 Å². The van der Waals surface area contributed by atoms with E-state index in [1.165, 1.54) is 36.4 Å². The van der Waals surface area contributed by atoms with E-state index in [1.807, 2.05) is 6.92 Å². The third-order valence-electron chi connectivity index (χ3n) is 2.93. The topological polar surface area (TPSA) is 35.5 Å². The first kappa shape index (κ1) is 16.5. The van der Waals surface area contributed by atoms with Crippen molar-refractivity contribution in [2.75, 3.05) is 6.16 Å². The fraction of sp³-hybridized carbons (Fsp3) is 0.250. The molecule has 0 saturated heterocycles. The number of para-hydroxylation sites is 2. The summed E-state index contributed by atoms with van der Waals surface area (Å²) in [5.41, 5.74) is 0. The second kappa shape index (κ2) is 7.41. The van der Waals surface area contributed by atoms with E-state index in [0.717, 1.165) is 6.42 Å². The molecule has 0 saturated carbocycles. The van der Waals surface area contributed by atoms with Gasteiger partial charge in [0.1, 0.15) is 0 Å². The van der Waals surface area contributed by atoms with Gasteiger partial charge in [0.25, 0.3) is 0 Å². The van der Waals surface area contributed by atoms with Gasteiger partial charge >= 0.3 is 7.60 Å². The van der Waals surface area contributed by atoms with E-state index in [-0.39, 0.29) is 17.7 Å². The van der Waals surface area contributed by atoms with Crippen molar-refractivity contribution in [3.63, 3.8) is 0 Å². The van der Waals surface area contributed by atoms with Crippen LogP contribution in [0.5, 0.6) is 11.5 Å². The van der Waals surface area contributed by atoms with Crippen molar-refractivity contribution in [2.24, 2.45) is 0 Å². The number of hydrogen-bond donors (Lipinski definition) is 0. The van der Waals surface area contributed by atoms with E-state index in [9.17, 15) is 13.3 Å². The van der Waals surface area contributed by atoms with Crippen molar-refractivity contribution in [2.45, 2.75) is 19.8 Å². The van der Waals surface area contributed by atoms with Crippen LogP contribution in [0.25, 0.3) is 0 Å². The van der Waals surface area contributed by atoms with Gasteiger partial charge in [-0.1, -0.05) is 37.6 Å². The summed E-state index contributed by atoms with van der Waals surface area (Å²) in [7, 11) is -3.71. The molecule has 0 fully saturated rings. The number of halogens is 2. The molecule has 22 heavy (non-hydrogen) atoms. The van der Waals surface area contributed by atoms with Gasteiger partial charge < -0.3 is 9.05 Å². The van der Waals surface area contributed by atoms with E-state index in [4.69, 9.17) is 9.05 Å². The van der Waals surface area contributed by atoms with Crippen LogP contribution in [0, 0.1) is 11.6 Å². The summed E-state index contributed by atoms with van der Waals surface area (Å²) < 4.78 is 50.8. The Morgan fingerprint density at radius 3 is 1.77 bits per heavy atom. The maximum absolute atomic E-state index is 13.7. The predicted octanol–water partition coefficient (Wildman–Crippen LogP) is 5.42. The molecule has 118 valence electrons. The van der Waals surface area contributed by atoms with Crippen LogP contribution in [0.3, 0.4) is 0 Å². The zero-order valence-corrected chi connectivity index (χ0v) is 13.1. The molecule has 0 aromatic heterocycles. The molecule has 0 aliphatic rings. The summed E-state index contributed by atoms with van der Waals surface area (Å²) in [5, 5.41) is 0. The highest BCUT2D eigenvalue weighted by atomic mass is 31.2. The second-order valence-corrected chi connectivity index (χ2v) is 6.77. The molecular formula is C16H17F2O3P.